The summed E-state index contributed by atoms with van der Waals surface area (Å²) in [6, 6.07) is 19.4. The molecule has 174 valence electrons. The second-order valence-electron chi connectivity index (χ2n) is 9.73. The number of rotatable bonds is 7. The van der Waals surface area contributed by atoms with Gasteiger partial charge in [0.15, 0.2) is 0 Å². The van der Waals surface area contributed by atoms with Crippen LogP contribution in [0, 0.1) is 5.92 Å². The monoisotopic (exact) mass is 444 g/mol. The Balaban J connectivity index is 1.22. The molecule has 1 atom stereocenters. The van der Waals surface area contributed by atoms with Crippen molar-refractivity contribution in [1.29, 1.82) is 0 Å². The number of carbonyl (C=O) groups is 1. The molecule has 1 aliphatic carbocycles. The fourth-order valence-electron chi connectivity index (χ4n) is 5.57. The lowest BCUT2D eigenvalue weighted by Crippen LogP contribution is -2.52. The maximum atomic E-state index is 13.0. The van der Waals surface area contributed by atoms with E-state index in [0.29, 0.717) is 0 Å². The minimum Gasteiger partial charge on any atom is -0.368 e. The number of nitrogens with one attached hydrogen (secondary N) is 2. The number of fused-ring (bicyclic) bond motifs is 1. The molecule has 2 aromatic carbocycles. The van der Waals surface area contributed by atoms with Gasteiger partial charge in [0.1, 0.15) is 0 Å². The number of benzene rings is 2. The van der Waals surface area contributed by atoms with Crippen molar-refractivity contribution in [3.05, 3.63) is 66.4 Å². The molecule has 33 heavy (non-hydrogen) atoms. The molecule has 5 nitrogen and oxygen atoms in total. The Morgan fingerprint density at radius 1 is 0.939 bits per heavy atom. The maximum Gasteiger partial charge on any atom is 0.223 e. The zero-order valence-electron chi connectivity index (χ0n) is 19.5. The lowest BCUT2D eigenvalue weighted by atomic mass is 9.88. The SMILES string of the molecule is O=C(NC(Cc1ccccc1)CN1CCN(c2cccc3[nH]ccc23)CC1)C1CCCCC1. The van der Waals surface area contributed by atoms with Gasteiger partial charge in [0, 0.05) is 67.5 Å². The molecule has 1 aliphatic heterocycles. The summed E-state index contributed by atoms with van der Waals surface area (Å²) < 4.78 is 0. The van der Waals surface area contributed by atoms with Crippen molar-refractivity contribution in [3.63, 3.8) is 0 Å². The molecule has 1 saturated carbocycles. The zero-order chi connectivity index (χ0) is 22.5. The highest BCUT2D eigenvalue weighted by Crippen LogP contribution is 2.27. The van der Waals surface area contributed by atoms with E-state index < -0.39 is 0 Å². The standard InChI is InChI=1S/C28H36N4O/c33-28(23-10-5-2-6-11-23)30-24(20-22-8-3-1-4-9-22)21-31-16-18-32(19-17-31)27-13-7-12-26-25(27)14-15-29-26/h1,3-4,7-9,12-15,23-24,29H,2,5-6,10-11,16-21H2,(H,30,33). The molecule has 1 aromatic heterocycles. The summed E-state index contributed by atoms with van der Waals surface area (Å²) in [5.41, 5.74) is 3.81. The van der Waals surface area contributed by atoms with E-state index in [1.165, 1.54) is 41.4 Å². The van der Waals surface area contributed by atoms with Crippen molar-refractivity contribution in [3.8, 4) is 0 Å². The van der Waals surface area contributed by atoms with Crippen LogP contribution in [0.5, 0.6) is 0 Å². The number of aromatic nitrogens is 1. The Kier molecular flexibility index (Phi) is 6.96. The highest BCUT2D eigenvalue weighted by molar-refractivity contribution is 5.92. The van der Waals surface area contributed by atoms with Gasteiger partial charge in [0.2, 0.25) is 5.91 Å². The first kappa shape index (κ1) is 22.0. The summed E-state index contributed by atoms with van der Waals surface area (Å²) in [6.07, 6.45) is 8.67. The molecular formula is C28H36N4O. The fourth-order valence-corrected chi connectivity index (χ4v) is 5.57. The Morgan fingerprint density at radius 2 is 1.73 bits per heavy atom. The van der Waals surface area contributed by atoms with Gasteiger partial charge >= 0.3 is 0 Å². The van der Waals surface area contributed by atoms with Gasteiger partial charge < -0.3 is 15.2 Å². The van der Waals surface area contributed by atoms with Gasteiger partial charge in [-0.05, 0) is 43.0 Å². The molecule has 1 saturated heterocycles. The van der Waals surface area contributed by atoms with Crippen LogP contribution >= 0.6 is 0 Å². The van der Waals surface area contributed by atoms with Crippen molar-refractivity contribution in [2.45, 2.75) is 44.6 Å². The summed E-state index contributed by atoms with van der Waals surface area (Å²) in [5, 5.41) is 4.75. The van der Waals surface area contributed by atoms with Crippen molar-refractivity contribution >= 4 is 22.5 Å². The highest BCUT2D eigenvalue weighted by Gasteiger charge is 2.26. The van der Waals surface area contributed by atoms with E-state index in [1.807, 2.05) is 6.20 Å². The molecule has 1 amide bonds. The highest BCUT2D eigenvalue weighted by atomic mass is 16.1. The van der Waals surface area contributed by atoms with Crippen LogP contribution in [0.2, 0.25) is 0 Å². The summed E-state index contributed by atoms with van der Waals surface area (Å²) in [6.45, 7) is 4.98. The van der Waals surface area contributed by atoms with E-state index in [-0.39, 0.29) is 17.9 Å². The molecule has 1 unspecified atom stereocenters. The van der Waals surface area contributed by atoms with Crippen LogP contribution in [0.3, 0.4) is 0 Å². The molecule has 2 fully saturated rings. The third-order valence-electron chi connectivity index (χ3n) is 7.41. The van der Waals surface area contributed by atoms with Crippen LogP contribution in [0.25, 0.3) is 10.9 Å². The second kappa shape index (κ2) is 10.4. The third-order valence-corrected chi connectivity index (χ3v) is 7.41. The third kappa shape index (κ3) is 5.41. The van der Waals surface area contributed by atoms with Gasteiger partial charge in [-0.3, -0.25) is 9.69 Å². The van der Waals surface area contributed by atoms with Crippen molar-refractivity contribution in [2.75, 3.05) is 37.6 Å². The van der Waals surface area contributed by atoms with Crippen LogP contribution < -0.4 is 10.2 Å². The van der Waals surface area contributed by atoms with Crippen molar-refractivity contribution in [2.24, 2.45) is 5.92 Å². The number of carbonyl (C=O) groups excluding carboxylic acids is 1. The Hall–Kier alpha value is -2.79. The molecule has 0 radical (unpaired) electrons. The van der Waals surface area contributed by atoms with Gasteiger partial charge in [0.05, 0.1) is 0 Å². The normalized spacial score (nSPS) is 19.0. The van der Waals surface area contributed by atoms with E-state index in [4.69, 9.17) is 0 Å². The van der Waals surface area contributed by atoms with Crippen LogP contribution in [-0.2, 0) is 11.2 Å². The first-order valence-electron chi connectivity index (χ1n) is 12.6. The first-order chi connectivity index (χ1) is 16.3. The van der Waals surface area contributed by atoms with E-state index in [0.717, 1.165) is 52.0 Å². The molecule has 5 heteroatoms. The number of hydrogen-bond donors (Lipinski definition) is 2. The Morgan fingerprint density at radius 3 is 2.52 bits per heavy atom. The molecule has 2 heterocycles. The quantitative estimate of drug-likeness (QED) is 0.560. The molecular weight excluding hydrogens is 408 g/mol. The summed E-state index contributed by atoms with van der Waals surface area (Å²) >= 11 is 0. The van der Waals surface area contributed by atoms with Crippen LogP contribution in [0.15, 0.2) is 60.8 Å². The number of aromatic amines is 1. The minimum absolute atomic E-state index is 0.154. The Bertz CT molecular complexity index is 1030. The molecule has 0 bridgehead atoms. The topological polar surface area (TPSA) is 51.4 Å². The summed E-state index contributed by atoms with van der Waals surface area (Å²) in [4.78, 5) is 21.4. The van der Waals surface area contributed by atoms with Gasteiger partial charge in [-0.25, -0.2) is 0 Å². The predicted molar refractivity (Wildman–Crippen MR) is 136 cm³/mol. The number of anilines is 1. The predicted octanol–water partition coefficient (Wildman–Crippen LogP) is 4.60. The van der Waals surface area contributed by atoms with Gasteiger partial charge in [-0.1, -0.05) is 55.7 Å². The van der Waals surface area contributed by atoms with E-state index >= 15 is 0 Å². The lowest BCUT2D eigenvalue weighted by Gasteiger charge is -2.38. The van der Waals surface area contributed by atoms with Crippen LogP contribution in [-0.4, -0.2) is 54.6 Å². The summed E-state index contributed by atoms with van der Waals surface area (Å²) in [5.74, 6) is 0.476. The summed E-state index contributed by atoms with van der Waals surface area (Å²) in [7, 11) is 0. The van der Waals surface area contributed by atoms with E-state index in [2.05, 4.69) is 74.7 Å². The minimum atomic E-state index is 0.154. The smallest absolute Gasteiger partial charge is 0.223 e. The molecule has 2 N–H and O–H groups in total. The van der Waals surface area contributed by atoms with E-state index in [1.54, 1.807) is 0 Å². The number of nitrogens with zero attached hydrogens (tertiary/aromatic N) is 2. The van der Waals surface area contributed by atoms with Gasteiger partial charge in [-0.15, -0.1) is 0 Å². The number of amides is 1. The molecule has 3 aromatic rings. The number of piperazine rings is 1. The zero-order valence-corrected chi connectivity index (χ0v) is 19.5. The average molecular weight is 445 g/mol. The number of H-pyrrole nitrogens is 1. The Labute approximate surface area is 197 Å². The van der Waals surface area contributed by atoms with Gasteiger partial charge in [0.25, 0.3) is 0 Å². The fraction of sp³-hybridized carbons (Fsp3) is 0.464. The molecule has 0 spiro atoms. The van der Waals surface area contributed by atoms with Crippen molar-refractivity contribution < 1.29 is 4.79 Å². The largest absolute Gasteiger partial charge is 0.368 e. The lowest BCUT2D eigenvalue weighted by molar-refractivity contribution is -0.126. The van der Waals surface area contributed by atoms with Crippen molar-refractivity contribution in [1.82, 2.24) is 15.2 Å². The van der Waals surface area contributed by atoms with Crippen LogP contribution in [0.1, 0.15) is 37.7 Å². The maximum absolute atomic E-state index is 13.0. The van der Waals surface area contributed by atoms with Gasteiger partial charge in [-0.2, -0.15) is 0 Å². The number of hydrogen-bond acceptors (Lipinski definition) is 3. The molecule has 2 aliphatic rings. The molecule has 5 rings (SSSR count). The average Bonchev–Trinajstić information content (AvgIpc) is 3.35. The van der Waals surface area contributed by atoms with E-state index in [9.17, 15) is 4.79 Å². The first-order valence-corrected chi connectivity index (χ1v) is 12.6. The van der Waals surface area contributed by atoms with Crippen LogP contribution in [0.4, 0.5) is 5.69 Å². The second-order valence-corrected chi connectivity index (χ2v) is 9.73.